The van der Waals surface area contributed by atoms with Crippen molar-refractivity contribution >= 4 is 54.3 Å². The van der Waals surface area contributed by atoms with Gasteiger partial charge in [0.1, 0.15) is 11.2 Å². The molecule has 0 bridgehead atoms. The predicted octanol–water partition coefficient (Wildman–Crippen LogP) is 17.5. The van der Waals surface area contributed by atoms with Gasteiger partial charge in [-0.1, -0.05) is 206 Å². The molecular formula is C63H39N3OS. The van der Waals surface area contributed by atoms with E-state index in [1.807, 2.05) is 47.7 Å². The molecule has 13 rings (SSSR count). The third kappa shape index (κ3) is 6.96. The number of aromatic nitrogens is 3. The summed E-state index contributed by atoms with van der Waals surface area (Å²) in [6.45, 7) is 0. The predicted molar refractivity (Wildman–Crippen MR) is 283 cm³/mol. The zero-order chi connectivity index (χ0) is 45.0. The molecule has 0 atom stereocenters. The van der Waals surface area contributed by atoms with Crippen LogP contribution >= 0.6 is 11.3 Å². The summed E-state index contributed by atoms with van der Waals surface area (Å²) in [5, 5.41) is 4.58. The van der Waals surface area contributed by atoms with Crippen LogP contribution < -0.4 is 0 Å². The van der Waals surface area contributed by atoms with Gasteiger partial charge in [-0.15, -0.1) is 11.3 Å². The molecule has 0 unspecified atom stereocenters. The van der Waals surface area contributed by atoms with Crippen LogP contribution in [0.3, 0.4) is 0 Å². The largest absolute Gasteiger partial charge is 0.456 e. The van der Waals surface area contributed by atoms with Crippen molar-refractivity contribution in [1.82, 2.24) is 15.0 Å². The summed E-state index contributed by atoms with van der Waals surface area (Å²) in [6, 6.07) is 83.1. The highest BCUT2D eigenvalue weighted by Gasteiger charge is 2.23. The molecule has 0 aliphatic heterocycles. The number of thiophene rings is 1. The highest BCUT2D eigenvalue weighted by molar-refractivity contribution is 7.24. The van der Waals surface area contributed by atoms with E-state index < -0.39 is 0 Å². The van der Waals surface area contributed by atoms with E-state index in [0.717, 1.165) is 89.0 Å². The van der Waals surface area contributed by atoms with Crippen molar-refractivity contribution in [2.45, 2.75) is 0 Å². The van der Waals surface area contributed by atoms with E-state index >= 15 is 0 Å². The summed E-state index contributed by atoms with van der Waals surface area (Å²) in [5.74, 6) is 0.680. The van der Waals surface area contributed by atoms with Crippen LogP contribution in [0.5, 0.6) is 0 Å². The van der Waals surface area contributed by atoms with Gasteiger partial charge in [0.25, 0.3) is 0 Å². The monoisotopic (exact) mass is 885 g/mol. The molecule has 5 heteroatoms. The van der Waals surface area contributed by atoms with Gasteiger partial charge in [-0.05, 0) is 63.7 Å². The number of fused-ring (bicyclic) bond motifs is 6. The molecule has 0 saturated carbocycles. The topological polar surface area (TPSA) is 51.8 Å². The van der Waals surface area contributed by atoms with Crippen molar-refractivity contribution in [2.75, 3.05) is 0 Å². The SMILES string of the molecule is c1ccc(-c2nc(-c3ccc(-c4ccc(-c5nc6ccccc6c6sc(-c7ccccc7)c(-c7ccccc7)c56)cc4)cc3)cc(-c3cccc(-c4cccc5oc6ccccc6c45)c3)n2)cc1. The minimum Gasteiger partial charge on any atom is -0.456 e. The Kier molecular flexibility index (Phi) is 9.66. The Morgan fingerprint density at radius 2 is 0.882 bits per heavy atom. The normalized spacial score (nSPS) is 11.5. The molecule has 318 valence electrons. The highest BCUT2D eigenvalue weighted by atomic mass is 32.1. The highest BCUT2D eigenvalue weighted by Crippen LogP contribution is 2.50. The molecule has 0 radical (unpaired) electrons. The van der Waals surface area contributed by atoms with Crippen LogP contribution in [-0.2, 0) is 0 Å². The van der Waals surface area contributed by atoms with Gasteiger partial charge in [-0.2, -0.15) is 0 Å². The Balaban J connectivity index is 0.874. The third-order valence-corrected chi connectivity index (χ3v) is 14.2. The molecule has 0 fully saturated rings. The molecule has 0 N–H and O–H groups in total. The van der Waals surface area contributed by atoms with Crippen LogP contribution in [0.2, 0.25) is 0 Å². The zero-order valence-corrected chi connectivity index (χ0v) is 37.5. The van der Waals surface area contributed by atoms with Gasteiger partial charge in [-0.25, -0.2) is 15.0 Å². The first-order valence-corrected chi connectivity index (χ1v) is 23.6. The number of hydrogen-bond donors (Lipinski definition) is 0. The summed E-state index contributed by atoms with van der Waals surface area (Å²) < 4.78 is 7.50. The Hall–Kier alpha value is -8.77. The molecule has 0 saturated heterocycles. The van der Waals surface area contributed by atoms with E-state index in [0.29, 0.717) is 5.82 Å². The summed E-state index contributed by atoms with van der Waals surface area (Å²) in [6.07, 6.45) is 0. The molecular weight excluding hydrogens is 847 g/mol. The molecule has 13 aromatic rings. The number of pyridine rings is 1. The number of benzene rings is 9. The zero-order valence-electron chi connectivity index (χ0n) is 36.7. The third-order valence-electron chi connectivity index (χ3n) is 12.9. The van der Waals surface area contributed by atoms with E-state index in [-0.39, 0.29) is 0 Å². The minimum absolute atomic E-state index is 0.680. The van der Waals surface area contributed by atoms with Crippen molar-refractivity contribution in [3.63, 3.8) is 0 Å². The number of nitrogens with zero attached hydrogens (tertiary/aromatic N) is 3. The second-order valence-electron chi connectivity index (χ2n) is 17.1. The van der Waals surface area contributed by atoms with Crippen molar-refractivity contribution in [3.8, 4) is 89.0 Å². The molecule has 0 aliphatic rings. The van der Waals surface area contributed by atoms with E-state index in [9.17, 15) is 0 Å². The first kappa shape index (κ1) is 39.6. The molecule has 4 heterocycles. The molecule has 4 aromatic heterocycles. The van der Waals surface area contributed by atoms with E-state index in [4.69, 9.17) is 19.4 Å². The van der Waals surface area contributed by atoms with Gasteiger partial charge in [0.05, 0.1) is 22.6 Å². The van der Waals surface area contributed by atoms with E-state index in [1.54, 1.807) is 0 Å². The van der Waals surface area contributed by atoms with Gasteiger partial charge in [-0.3, -0.25) is 0 Å². The standard InChI is InChI=1S/C63H39N3OS/c1-4-16-43(17-5-1)57-59-60(64-52-27-12-10-24-50(52)62(59)68-61(57)45-18-6-2-7-19-45)44-36-32-41(33-37-44)40-30-34-42(35-31-40)53-39-54(66-63(65-53)46-20-8-3-9-21-46)48-23-14-22-47(38-48)49-26-15-29-56-58(49)51-25-11-13-28-55(51)67-56/h1-39H. The lowest BCUT2D eigenvalue weighted by Crippen LogP contribution is -1.96. The number of furan rings is 1. The van der Waals surface area contributed by atoms with Crippen LogP contribution in [0.25, 0.3) is 132 Å². The van der Waals surface area contributed by atoms with Gasteiger partial charge in [0.2, 0.25) is 0 Å². The number of para-hydroxylation sites is 2. The van der Waals surface area contributed by atoms with Crippen molar-refractivity contribution < 1.29 is 4.42 Å². The second kappa shape index (κ2) is 16.6. The summed E-state index contributed by atoms with van der Waals surface area (Å²) in [7, 11) is 0. The molecule has 0 spiro atoms. The Morgan fingerprint density at radius 1 is 0.338 bits per heavy atom. The van der Waals surface area contributed by atoms with E-state index in [2.05, 4.69) is 200 Å². The van der Waals surface area contributed by atoms with Gasteiger partial charge >= 0.3 is 0 Å². The van der Waals surface area contributed by atoms with Crippen molar-refractivity contribution in [1.29, 1.82) is 0 Å². The van der Waals surface area contributed by atoms with Crippen LogP contribution in [0.1, 0.15) is 0 Å². The average Bonchev–Trinajstić information content (AvgIpc) is 4.02. The van der Waals surface area contributed by atoms with Gasteiger partial charge < -0.3 is 4.42 Å². The summed E-state index contributed by atoms with van der Waals surface area (Å²) in [4.78, 5) is 17.0. The number of hydrogen-bond acceptors (Lipinski definition) is 5. The van der Waals surface area contributed by atoms with Crippen LogP contribution in [0.15, 0.2) is 241 Å². The Bertz CT molecular complexity index is 3990. The fourth-order valence-electron chi connectivity index (χ4n) is 9.64. The minimum atomic E-state index is 0.680. The fraction of sp³-hybridized carbons (Fsp3) is 0. The molecule has 68 heavy (non-hydrogen) atoms. The lowest BCUT2D eigenvalue weighted by atomic mass is 9.94. The molecule has 0 aliphatic carbocycles. The van der Waals surface area contributed by atoms with Crippen LogP contribution in [-0.4, -0.2) is 15.0 Å². The van der Waals surface area contributed by atoms with Crippen molar-refractivity contribution in [2.24, 2.45) is 0 Å². The molecule has 9 aromatic carbocycles. The van der Waals surface area contributed by atoms with Crippen LogP contribution in [0.4, 0.5) is 0 Å². The van der Waals surface area contributed by atoms with Gasteiger partial charge in [0, 0.05) is 58.9 Å². The maximum atomic E-state index is 6.25. The first-order chi connectivity index (χ1) is 33.7. The second-order valence-corrected chi connectivity index (χ2v) is 18.1. The van der Waals surface area contributed by atoms with Crippen molar-refractivity contribution in [3.05, 3.63) is 237 Å². The Labute approximate surface area is 397 Å². The number of rotatable bonds is 8. The quantitative estimate of drug-likeness (QED) is 0.153. The van der Waals surface area contributed by atoms with Gasteiger partial charge in [0.15, 0.2) is 5.82 Å². The maximum Gasteiger partial charge on any atom is 0.160 e. The summed E-state index contributed by atoms with van der Waals surface area (Å²) >= 11 is 1.86. The lowest BCUT2D eigenvalue weighted by molar-refractivity contribution is 0.669. The maximum absolute atomic E-state index is 6.25. The van der Waals surface area contributed by atoms with Crippen LogP contribution in [0, 0.1) is 0 Å². The average molecular weight is 886 g/mol. The summed E-state index contributed by atoms with van der Waals surface area (Å²) in [5.41, 5.74) is 17.6. The van der Waals surface area contributed by atoms with E-state index in [1.165, 1.54) is 37.0 Å². The Morgan fingerprint density at radius 3 is 1.62 bits per heavy atom. The molecule has 0 amide bonds. The fourth-order valence-corrected chi connectivity index (χ4v) is 11.0. The smallest absolute Gasteiger partial charge is 0.160 e. The first-order valence-electron chi connectivity index (χ1n) is 22.8. The lowest BCUT2D eigenvalue weighted by Gasteiger charge is -2.12. The molecule has 4 nitrogen and oxygen atoms in total.